The van der Waals surface area contributed by atoms with E-state index in [2.05, 4.69) is 39.8 Å². The largest absolute Gasteiger partial charge is 0.341 e. The van der Waals surface area contributed by atoms with Crippen molar-refractivity contribution in [2.75, 3.05) is 22.1 Å². The van der Waals surface area contributed by atoms with Gasteiger partial charge in [0.05, 0.1) is 0 Å². The maximum absolute atomic E-state index is 12.1. The molecule has 0 fully saturated rings. The van der Waals surface area contributed by atoms with E-state index in [1.807, 2.05) is 54.6 Å². The van der Waals surface area contributed by atoms with E-state index < -0.39 is 0 Å². The van der Waals surface area contributed by atoms with E-state index in [1.165, 1.54) is 11.3 Å². The fraction of sp³-hybridized carbons (Fsp3) is 0.0952. The second-order valence-corrected chi connectivity index (χ2v) is 6.02. The van der Waals surface area contributed by atoms with Crippen LogP contribution in [0, 0.1) is 0 Å². The van der Waals surface area contributed by atoms with E-state index in [0.29, 0.717) is 0 Å². The van der Waals surface area contributed by atoms with Crippen LogP contribution in [0.25, 0.3) is 0 Å². The van der Waals surface area contributed by atoms with Gasteiger partial charge in [-0.25, -0.2) is 4.79 Å². The van der Waals surface area contributed by atoms with Crippen LogP contribution in [0.15, 0.2) is 78.9 Å². The zero-order valence-electron chi connectivity index (χ0n) is 13.8. The summed E-state index contributed by atoms with van der Waals surface area (Å²) in [4.78, 5) is 14.4. The standard InChI is InChI=1S/C21H19N3O/c25-21(22-17-7-2-1-3-8-17)23-18-10-12-19(13-11-18)24-15-14-16-6-4-5-9-20(16)24/h1-13H,14-15H2,(H2,22,23,25). The van der Waals surface area contributed by atoms with Crippen molar-refractivity contribution < 1.29 is 4.79 Å². The number of para-hydroxylation sites is 2. The van der Waals surface area contributed by atoms with Crippen LogP contribution in [-0.4, -0.2) is 12.6 Å². The van der Waals surface area contributed by atoms with Gasteiger partial charge in [0.1, 0.15) is 0 Å². The first-order valence-corrected chi connectivity index (χ1v) is 8.38. The molecule has 0 radical (unpaired) electrons. The summed E-state index contributed by atoms with van der Waals surface area (Å²) in [5.41, 5.74) is 5.32. The molecule has 25 heavy (non-hydrogen) atoms. The number of benzene rings is 3. The molecule has 0 unspecified atom stereocenters. The lowest BCUT2D eigenvalue weighted by Crippen LogP contribution is -2.19. The number of hydrogen-bond donors (Lipinski definition) is 2. The summed E-state index contributed by atoms with van der Waals surface area (Å²) in [7, 11) is 0. The molecule has 4 nitrogen and oxygen atoms in total. The number of anilines is 4. The van der Waals surface area contributed by atoms with Crippen molar-refractivity contribution in [2.24, 2.45) is 0 Å². The Labute approximate surface area is 147 Å². The molecule has 1 aliphatic rings. The van der Waals surface area contributed by atoms with Gasteiger partial charge < -0.3 is 15.5 Å². The SMILES string of the molecule is O=C(Nc1ccccc1)Nc1ccc(N2CCc3ccccc32)cc1. The van der Waals surface area contributed by atoms with E-state index in [4.69, 9.17) is 0 Å². The van der Waals surface area contributed by atoms with E-state index >= 15 is 0 Å². The quantitative estimate of drug-likeness (QED) is 0.708. The van der Waals surface area contributed by atoms with Crippen LogP contribution >= 0.6 is 0 Å². The third-order valence-electron chi connectivity index (χ3n) is 4.36. The number of nitrogens with one attached hydrogen (secondary N) is 2. The van der Waals surface area contributed by atoms with Crippen LogP contribution in [0.2, 0.25) is 0 Å². The van der Waals surface area contributed by atoms with Crippen LogP contribution < -0.4 is 15.5 Å². The Kier molecular flexibility index (Phi) is 4.09. The number of carbonyl (C=O) groups excluding carboxylic acids is 1. The molecule has 124 valence electrons. The zero-order valence-corrected chi connectivity index (χ0v) is 13.8. The first kappa shape index (κ1) is 15.3. The van der Waals surface area contributed by atoms with Crippen molar-refractivity contribution in [2.45, 2.75) is 6.42 Å². The van der Waals surface area contributed by atoms with Crippen molar-refractivity contribution in [3.8, 4) is 0 Å². The topological polar surface area (TPSA) is 44.4 Å². The summed E-state index contributed by atoms with van der Waals surface area (Å²) in [5.74, 6) is 0. The lowest BCUT2D eigenvalue weighted by atomic mass is 10.2. The van der Waals surface area contributed by atoms with E-state index in [9.17, 15) is 4.79 Å². The van der Waals surface area contributed by atoms with Crippen molar-refractivity contribution >= 4 is 28.8 Å². The fourth-order valence-electron chi connectivity index (χ4n) is 3.15. The number of carbonyl (C=O) groups is 1. The highest BCUT2D eigenvalue weighted by Gasteiger charge is 2.19. The number of nitrogens with zero attached hydrogens (tertiary/aromatic N) is 1. The third kappa shape index (κ3) is 3.33. The zero-order chi connectivity index (χ0) is 17.1. The lowest BCUT2D eigenvalue weighted by molar-refractivity contribution is 0.262. The van der Waals surface area contributed by atoms with Crippen molar-refractivity contribution in [3.05, 3.63) is 84.4 Å². The molecule has 1 heterocycles. The van der Waals surface area contributed by atoms with Crippen molar-refractivity contribution in [1.82, 2.24) is 0 Å². The molecule has 2 N–H and O–H groups in total. The average Bonchev–Trinajstić information content (AvgIpc) is 3.07. The van der Waals surface area contributed by atoms with Gasteiger partial charge in [-0.3, -0.25) is 0 Å². The molecule has 0 aliphatic carbocycles. The van der Waals surface area contributed by atoms with E-state index in [-0.39, 0.29) is 6.03 Å². The highest BCUT2D eigenvalue weighted by molar-refractivity contribution is 5.99. The molecule has 0 bridgehead atoms. The Morgan fingerprint density at radius 1 is 0.760 bits per heavy atom. The first-order valence-electron chi connectivity index (χ1n) is 8.38. The van der Waals surface area contributed by atoms with Gasteiger partial charge in [0, 0.05) is 29.3 Å². The number of hydrogen-bond acceptors (Lipinski definition) is 2. The number of rotatable bonds is 3. The molecule has 0 saturated heterocycles. The van der Waals surface area contributed by atoms with Gasteiger partial charge in [-0.15, -0.1) is 0 Å². The molecule has 0 atom stereocenters. The molecular formula is C21H19N3O. The molecule has 4 heteroatoms. The van der Waals surface area contributed by atoms with Gasteiger partial charge in [-0.2, -0.15) is 0 Å². The highest BCUT2D eigenvalue weighted by atomic mass is 16.2. The normalized spacial score (nSPS) is 12.6. The van der Waals surface area contributed by atoms with E-state index in [1.54, 1.807) is 0 Å². The van der Waals surface area contributed by atoms with Crippen LogP contribution in [0.4, 0.5) is 27.5 Å². The summed E-state index contributed by atoms with van der Waals surface area (Å²) in [6.07, 6.45) is 1.07. The summed E-state index contributed by atoms with van der Waals surface area (Å²) >= 11 is 0. The summed E-state index contributed by atoms with van der Waals surface area (Å²) < 4.78 is 0. The molecule has 0 saturated carbocycles. The average molecular weight is 329 g/mol. The highest BCUT2D eigenvalue weighted by Crippen LogP contribution is 2.34. The van der Waals surface area contributed by atoms with Gasteiger partial charge in [0.25, 0.3) is 0 Å². The minimum Gasteiger partial charge on any atom is -0.341 e. The predicted octanol–water partition coefficient (Wildman–Crippen LogP) is 5.02. The van der Waals surface area contributed by atoms with Gasteiger partial charge >= 0.3 is 6.03 Å². The van der Waals surface area contributed by atoms with Crippen LogP contribution in [0.5, 0.6) is 0 Å². The van der Waals surface area contributed by atoms with Gasteiger partial charge in [-0.1, -0.05) is 36.4 Å². The summed E-state index contributed by atoms with van der Waals surface area (Å²) in [5, 5.41) is 5.67. The van der Waals surface area contributed by atoms with E-state index in [0.717, 1.165) is 30.0 Å². The maximum Gasteiger partial charge on any atom is 0.323 e. The van der Waals surface area contributed by atoms with Crippen LogP contribution in [0.1, 0.15) is 5.56 Å². The Bertz CT molecular complexity index is 875. The molecule has 0 aromatic heterocycles. The molecule has 4 rings (SSSR count). The Hall–Kier alpha value is -3.27. The molecular weight excluding hydrogens is 310 g/mol. The first-order chi connectivity index (χ1) is 12.3. The third-order valence-corrected chi connectivity index (χ3v) is 4.36. The van der Waals surface area contributed by atoms with Crippen LogP contribution in [0.3, 0.4) is 0 Å². The molecule has 2 amide bonds. The Balaban J connectivity index is 1.43. The Morgan fingerprint density at radius 2 is 1.40 bits per heavy atom. The second-order valence-electron chi connectivity index (χ2n) is 6.02. The Morgan fingerprint density at radius 3 is 2.16 bits per heavy atom. The monoisotopic (exact) mass is 329 g/mol. The lowest BCUT2D eigenvalue weighted by Gasteiger charge is -2.20. The summed E-state index contributed by atoms with van der Waals surface area (Å²) in [6, 6.07) is 25.6. The van der Waals surface area contributed by atoms with Gasteiger partial charge in [-0.05, 0) is 54.4 Å². The predicted molar refractivity (Wildman–Crippen MR) is 103 cm³/mol. The number of urea groups is 1. The smallest absolute Gasteiger partial charge is 0.323 e. The molecule has 1 aliphatic heterocycles. The number of amides is 2. The maximum atomic E-state index is 12.1. The van der Waals surface area contributed by atoms with Crippen LogP contribution in [-0.2, 0) is 6.42 Å². The fourth-order valence-corrected chi connectivity index (χ4v) is 3.15. The van der Waals surface area contributed by atoms with Crippen molar-refractivity contribution in [3.63, 3.8) is 0 Å². The molecule has 3 aromatic carbocycles. The van der Waals surface area contributed by atoms with Gasteiger partial charge in [0.2, 0.25) is 0 Å². The number of fused-ring (bicyclic) bond motifs is 1. The van der Waals surface area contributed by atoms with Gasteiger partial charge in [0.15, 0.2) is 0 Å². The molecule has 3 aromatic rings. The summed E-state index contributed by atoms with van der Waals surface area (Å²) in [6.45, 7) is 0.987. The van der Waals surface area contributed by atoms with Crippen molar-refractivity contribution in [1.29, 1.82) is 0 Å². The minimum atomic E-state index is -0.245. The molecule has 0 spiro atoms. The minimum absolute atomic E-state index is 0.245. The second kappa shape index (κ2) is 6.69.